The van der Waals surface area contributed by atoms with E-state index in [1.54, 1.807) is 0 Å². The van der Waals surface area contributed by atoms with Crippen LogP contribution in [0.25, 0.3) is 0 Å². The van der Waals surface area contributed by atoms with E-state index >= 15 is 0 Å². The molecular weight excluding hydrogens is 524 g/mol. The van der Waals surface area contributed by atoms with Crippen molar-refractivity contribution in [3.63, 3.8) is 0 Å². The standard InChI is InChI=1S/C17H34O2.C16H32O2.Cu/c1-2-3-4-5-6-7-8-9-10-11-12-13-14-15-16-17(18)19;1-2-3-4-5-6-7-8-9-10-11-12-13-14-15-16(17)18;/h2-16H2,1H3,(H,18,19);2-15H2,1H3,(H,17,18);/q;;+2/p-2. The number of carbonyl (C=O) groups excluding carboxylic acids is 2. The third kappa shape index (κ3) is 45.4. The van der Waals surface area contributed by atoms with Gasteiger partial charge in [-0.1, -0.05) is 174 Å². The molecule has 231 valence electrons. The summed E-state index contributed by atoms with van der Waals surface area (Å²) >= 11 is 0. The molecule has 0 heterocycles. The Kier molecular flexibility index (Phi) is 42.6. The Labute approximate surface area is 248 Å². The number of carboxylic acids is 2. The fourth-order valence-electron chi connectivity index (χ4n) is 4.75. The monoisotopic (exact) mass is 587 g/mol. The molecule has 0 saturated heterocycles. The maximum Gasteiger partial charge on any atom is 2.00 e. The zero-order chi connectivity index (χ0) is 27.7. The molecule has 0 aromatic rings. The molecule has 4 nitrogen and oxygen atoms in total. The summed E-state index contributed by atoms with van der Waals surface area (Å²) in [6.45, 7) is 4.52. The number of hydrogen-bond acceptors (Lipinski definition) is 4. The summed E-state index contributed by atoms with van der Waals surface area (Å²) in [5, 5.41) is 20.4. The SMILES string of the molecule is CCCCCCCCCCCCCCCC(=O)[O-].CCCCCCCCCCCCCCCCC(=O)[O-].[Cu+2]. The van der Waals surface area contributed by atoms with Crippen LogP contribution in [0.1, 0.15) is 200 Å². The number of carbonyl (C=O) groups is 2. The van der Waals surface area contributed by atoms with E-state index in [0.717, 1.165) is 25.7 Å². The van der Waals surface area contributed by atoms with Crippen LogP contribution in [0.5, 0.6) is 0 Å². The van der Waals surface area contributed by atoms with Crippen LogP contribution in [0.2, 0.25) is 0 Å². The smallest absolute Gasteiger partial charge is 0.550 e. The van der Waals surface area contributed by atoms with E-state index in [0.29, 0.717) is 0 Å². The summed E-state index contributed by atoms with van der Waals surface area (Å²) in [4.78, 5) is 20.4. The van der Waals surface area contributed by atoms with Crippen molar-refractivity contribution in [1.82, 2.24) is 0 Å². The van der Waals surface area contributed by atoms with E-state index in [1.165, 1.54) is 148 Å². The first-order chi connectivity index (χ1) is 18.0. The van der Waals surface area contributed by atoms with Gasteiger partial charge in [-0.05, 0) is 25.7 Å². The summed E-state index contributed by atoms with van der Waals surface area (Å²) in [5.41, 5.74) is 0. The minimum absolute atomic E-state index is 0. The molecule has 0 aromatic heterocycles. The van der Waals surface area contributed by atoms with Crippen LogP contribution < -0.4 is 10.2 Å². The minimum Gasteiger partial charge on any atom is -0.550 e. The zero-order valence-electron chi connectivity index (χ0n) is 25.4. The van der Waals surface area contributed by atoms with Crippen LogP contribution in [0.15, 0.2) is 0 Å². The minimum atomic E-state index is -0.905. The van der Waals surface area contributed by atoms with Crippen LogP contribution in [-0.4, -0.2) is 11.9 Å². The van der Waals surface area contributed by atoms with Crippen molar-refractivity contribution in [2.24, 2.45) is 0 Å². The van der Waals surface area contributed by atoms with Crippen molar-refractivity contribution >= 4 is 11.9 Å². The maximum absolute atomic E-state index is 10.2. The van der Waals surface area contributed by atoms with Gasteiger partial charge in [0.25, 0.3) is 0 Å². The van der Waals surface area contributed by atoms with E-state index in [4.69, 9.17) is 0 Å². The average Bonchev–Trinajstić information content (AvgIpc) is 2.87. The fourth-order valence-corrected chi connectivity index (χ4v) is 4.75. The van der Waals surface area contributed by atoms with Gasteiger partial charge in [-0.2, -0.15) is 0 Å². The summed E-state index contributed by atoms with van der Waals surface area (Å²) in [6, 6.07) is 0. The fraction of sp³-hybridized carbons (Fsp3) is 0.939. The van der Waals surface area contributed by atoms with Gasteiger partial charge in [0.1, 0.15) is 0 Å². The molecule has 1 radical (unpaired) electrons. The number of aliphatic carboxylic acids is 2. The van der Waals surface area contributed by atoms with E-state index in [-0.39, 0.29) is 29.9 Å². The van der Waals surface area contributed by atoms with E-state index in [2.05, 4.69) is 13.8 Å². The molecule has 0 spiro atoms. The molecule has 0 N–H and O–H groups in total. The van der Waals surface area contributed by atoms with Crippen LogP contribution in [-0.2, 0) is 26.7 Å². The van der Waals surface area contributed by atoms with Crippen molar-refractivity contribution in [2.45, 2.75) is 200 Å². The number of unbranched alkanes of at least 4 members (excludes halogenated alkanes) is 25. The van der Waals surface area contributed by atoms with Gasteiger partial charge in [0.15, 0.2) is 0 Å². The van der Waals surface area contributed by atoms with Crippen molar-refractivity contribution in [2.75, 3.05) is 0 Å². The topological polar surface area (TPSA) is 80.3 Å². The van der Waals surface area contributed by atoms with Gasteiger partial charge >= 0.3 is 17.1 Å². The van der Waals surface area contributed by atoms with Crippen molar-refractivity contribution in [3.8, 4) is 0 Å². The Morgan fingerprint density at radius 2 is 0.500 bits per heavy atom. The van der Waals surface area contributed by atoms with Crippen molar-refractivity contribution in [1.29, 1.82) is 0 Å². The molecule has 5 heteroatoms. The van der Waals surface area contributed by atoms with E-state index in [9.17, 15) is 19.8 Å². The number of carboxylic acid groups (broad SMARTS) is 2. The summed E-state index contributed by atoms with van der Waals surface area (Å²) < 4.78 is 0. The molecule has 0 aliphatic heterocycles. The van der Waals surface area contributed by atoms with Gasteiger partial charge in [-0.3, -0.25) is 0 Å². The van der Waals surface area contributed by atoms with Crippen LogP contribution >= 0.6 is 0 Å². The molecule has 0 atom stereocenters. The third-order valence-corrected chi connectivity index (χ3v) is 7.22. The average molecular weight is 588 g/mol. The predicted octanol–water partition coefficient (Wildman–Crippen LogP) is 8.82. The summed E-state index contributed by atoms with van der Waals surface area (Å²) in [6.07, 6.45) is 35.3. The second kappa shape index (κ2) is 38.6. The van der Waals surface area contributed by atoms with Gasteiger partial charge in [-0.15, -0.1) is 0 Å². The molecule has 0 fully saturated rings. The Morgan fingerprint density at radius 3 is 0.658 bits per heavy atom. The molecule has 0 bridgehead atoms. The van der Waals surface area contributed by atoms with Crippen molar-refractivity contribution < 1.29 is 36.9 Å². The first kappa shape index (κ1) is 41.9. The van der Waals surface area contributed by atoms with Gasteiger partial charge in [0.2, 0.25) is 0 Å². The Balaban J connectivity index is -0.000000629. The summed E-state index contributed by atoms with van der Waals surface area (Å²) in [7, 11) is 0. The Morgan fingerprint density at radius 1 is 0.342 bits per heavy atom. The first-order valence-electron chi connectivity index (χ1n) is 16.4. The largest absolute Gasteiger partial charge is 2.00 e. The summed E-state index contributed by atoms with van der Waals surface area (Å²) in [5.74, 6) is -1.81. The van der Waals surface area contributed by atoms with E-state index in [1.807, 2.05) is 0 Å². The number of hydrogen-bond donors (Lipinski definition) is 0. The normalized spacial score (nSPS) is 10.5. The maximum atomic E-state index is 10.2. The molecule has 0 aliphatic carbocycles. The second-order valence-corrected chi connectivity index (χ2v) is 11.1. The quantitative estimate of drug-likeness (QED) is 0.0646. The molecule has 0 aromatic carbocycles. The zero-order valence-corrected chi connectivity index (χ0v) is 26.4. The molecule has 0 rings (SSSR count). The van der Waals surface area contributed by atoms with Gasteiger partial charge in [-0.25, -0.2) is 0 Å². The molecule has 38 heavy (non-hydrogen) atoms. The molecule has 0 aliphatic rings. The van der Waals surface area contributed by atoms with Gasteiger partial charge in [0.05, 0.1) is 0 Å². The van der Waals surface area contributed by atoms with Crippen LogP contribution in [0, 0.1) is 0 Å². The molecule has 0 saturated carbocycles. The van der Waals surface area contributed by atoms with Crippen LogP contribution in [0.4, 0.5) is 0 Å². The predicted molar refractivity (Wildman–Crippen MR) is 155 cm³/mol. The van der Waals surface area contributed by atoms with Crippen molar-refractivity contribution in [3.05, 3.63) is 0 Å². The van der Waals surface area contributed by atoms with Gasteiger partial charge in [0, 0.05) is 11.9 Å². The molecule has 0 amide bonds. The van der Waals surface area contributed by atoms with Gasteiger partial charge < -0.3 is 19.8 Å². The third-order valence-electron chi connectivity index (χ3n) is 7.22. The van der Waals surface area contributed by atoms with E-state index < -0.39 is 11.9 Å². The Bertz CT molecular complexity index is 456. The molecular formula is C33H64CuO4. The first-order valence-corrected chi connectivity index (χ1v) is 16.4. The molecule has 0 unspecified atom stereocenters. The Hall–Kier alpha value is -0.541. The second-order valence-electron chi connectivity index (χ2n) is 11.1. The number of rotatable bonds is 29. The van der Waals surface area contributed by atoms with Crippen LogP contribution in [0.3, 0.4) is 0 Å².